The molecule has 3 N–H and O–H groups in total. The van der Waals surface area contributed by atoms with Gasteiger partial charge in [-0.2, -0.15) is 0 Å². The van der Waals surface area contributed by atoms with Crippen molar-refractivity contribution in [2.24, 2.45) is 11.8 Å². The third kappa shape index (κ3) is 1.17. The van der Waals surface area contributed by atoms with Crippen LogP contribution in [0.2, 0.25) is 0 Å². The molecule has 0 aromatic rings. The van der Waals surface area contributed by atoms with Crippen LogP contribution in [-0.2, 0) is 0 Å². The smallest absolute Gasteiger partial charge is 0.0842 e. The van der Waals surface area contributed by atoms with Crippen LogP contribution in [0.15, 0.2) is 0 Å². The lowest BCUT2D eigenvalue weighted by molar-refractivity contribution is 0.0172. The van der Waals surface area contributed by atoms with Crippen molar-refractivity contribution in [1.29, 1.82) is 0 Å². The lowest BCUT2D eigenvalue weighted by Crippen LogP contribution is -2.39. The van der Waals surface area contributed by atoms with Crippen molar-refractivity contribution in [2.75, 3.05) is 13.1 Å². The molecule has 0 spiro atoms. The van der Waals surface area contributed by atoms with E-state index in [1.165, 1.54) is 0 Å². The second kappa shape index (κ2) is 2.73. The number of piperidine rings is 1. The Kier molecular flexibility index (Phi) is 1.87. The minimum absolute atomic E-state index is 0.304. The zero-order valence-corrected chi connectivity index (χ0v) is 6.53. The standard InChI is InChI=1S/C8H15NO2/c10-7-3-5-1-2-9-4-6(5)8(7)11/h5-11H,1-4H2. The predicted molar refractivity (Wildman–Crippen MR) is 41.1 cm³/mol. The first-order valence-electron chi connectivity index (χ1n) is 4.36. The van der Waals surface area contributed by atoms with Crippen LogP contribution < -0.4 is 5.32 Å². The summed E-state index contributed by atoms with van der Waals surface area (Å²) in [6.07, 6.45) is 0.962. The van der Waals surface area contributed by atoms with Gasteiger partial charge in [0.1, 0.15) is 0 Å². The van der Waals surface area contributed by atoms with Gasteiger partial charge in [-0.15, -0.1) is 0 Å². The normalized spacial score (nSPS) is 50.7. The van der Waals surface area contributed by atoms with E-state index in [-0.39, 0.29) is 0 Å². The number of hydrogen-bond acceptors (Lipinski definition) is 3. The number of fused-ring (bicyclic) bond motifs is 1. The van der Waals surface area contributed by atoms with Crippen molar-refractivity contribution in [3.05, 3.63) is 0 Å². The molecule has 0 aromatic heterocycles. The number of aliphatic hydroxyl groups excluding tert-OH is 2. The third-order valence-electron chi connectivity index (χ3n) is 3.05. The molecule has 3 heteroatoms. The fourth-order valence-corrected chi connectivity index (χ4v) is 2.36. The van der Waals surface area contributed by atoms with Gasteiger partial charge in [0.2, 0.25) is 0 Å². The number of rotatable bonds is 0. The lowest BCUT2D eigenvalue weighted by atomic mass is 9.89. The Morgan fingerprint density at radius 2 is 2.09 bits per heavy atom. The molecule has 1 heterocycles. The van der Waals surface area contributed by atoms with E-state index in [1.54, 1.807) is 0 Å². The van der Waals surface area contributed by atoms with Gasteiger partial charge in [0.15, 0.2) is 0 Å². The van der Waals surface area contributed by atoms with Gasteiger partial charge in [-0.05, 0) is 25.3 Å². The monoisotopic (exact) mass is 157 g/mol. The zero-order chi connectivity index (χ0) is 7.84. The summed E-state index contributed by atoms with van der Waals surface area (Å²) in [4.78, 5) is 0. The van der Waals surface area contributed by atoms with Crippen LogP contribution in [0.3, 0.4) is 0 Å². The van der Waals surface area contributed by atoms with Gasteiger partial charge in [-0.1, -0.05) is 0 Å². The molecule has 3 nitrogen and oxygen atoms in total. The highest BCUT2D eigenvalue weighted by Gasteiger charge is 2.42. The lowest BCUT2D eigenvalue weighted by Gasteiger charge is -2.27. The van der Waals surface area contributed by atoms with Crippen LogP contribution in [0.1, 0.15) is 12.8 Å². The van der Waals surface area contributed by atoms with E-state index >= 15 is 0 Å². The van der Waals surface area contributed by atoms with E-state index in [1.807, 2.05) is 0 Å². The molecule has 2 rings (SSSR count). The molecule has 64 valence electrons. The minimum atomic E-state index is -0.479. The van der Waals surface area contributed by atoms with Crippen molar-refractivity contribution in [3.8, 4) is 0 Å². The highest BCUT2D eigenvalue weighted by Crippen LogP contribution is 2.35. The molecule has 1 saturated carbocycles. The van der Waals surface area contributed by atoms with Crippen molar-refractivity contribution in [2.45, 2.75) is 25.0 Å². The quantitative estimate of drug-likeness (QED) is 0.437. The van der Waals surface area contributed by atoms with E-state index < -0.39 is 12.2 Å². The van der Waals surface area contributed by atoms with E-state index in [4.69, 9.17) is 0 Å². The Bertz CT molecular complexity index is 151. The Hall–Kier alpha value is -0.120. The van der Waals surface area contributed by atoms with Gasteiger partial charge in [0, 0.05) is 12.5 Å². The summed E-state index contributed by atoms with van der Waals surface area (Å²) in [6.45, 7) is 1.92. The number of aliphatic hydroxyl groups is 2. The van der Waals surface area contributed by atoms with Crippen LogP contribution in [0, 0.1) is 11.8 Å². The topological polar surface area (TPSA) is 52.5 Å². The van der Waals surface area contributed by atoms with Gasteiger partial charge in [-0.3, -0.25) is 0 Å². The number of nitrogens with one attached hydrogen (secondary N) is 1. The maximum Gasteiger partial charge on any atom is 0.0842 e. The van der Waals surface area contributed by atoms with Crippen LogP contribution in [0.5, 0.6) is 0 Å². The molecule has 0 aromatic carbocycles. The van der Waals surface area contributed by atoms with Crippen molar-refractivity contribution in [3.63, 3.8) is 0 Å². The van der Waals surface area contributed by atoms with Crippen LogP contribution in [0.4, 0.5) is 0 Å². The SMILES string of the molecule is OC1CC2CCNCC2C1O. The average molecular weight is 157 g/mol. The summed E-state index contributed by atoms with van der Waals surface area (Å²) in [5.41, 5.74) is 0. The van der Waals surface area contributed by atoms with Gasteiger partial charge >= 0.3 is 0 Å². The Morgan fingerprint density at radius 1 is 1.27 bits per heavy atom. The molecule has 0 radical (unpaired) electrons. The minimum Gasteiger partial charge on any atom is -0.390 e. The van der Waals surface area contributed by atoms with Gasteiger partial charge in [0.05, 0.1) is 12.2 Å². The molecular weight excluding hydrogens is 142 g/mol. The highest BCUT2D eigenvalue weighted by molar-refractivity contribution is 4.94. The Morgan fingerprint density at radius 3 is 2.82 bits per heavy atom. The van der Waals surface area contributed by atoms with E-state index in [9.17, 15) is 10.2 Å². The summed E-state index contributed by atoms with van der Waals surface area (Å²) in [6, 6.07) is 0. The molecule has 2 aliphatic rings. The molecule has 4 atom stereocenters. The summed E-state index contributed by atoms with van der Waals surface area (Å²) in [7, 11) is 0. The summed E-state index contributed by atoms with van der Waals surface area (Å²) >= 11 is 0. The van der Waals surface area contributed by atoms with Gasteiger partial charge in [0.25, 0.3) is 0 Å². The fraction of sp³-hybridized carbons (Fsp3) is 1.00. The molecule has 4 unspecified atom stereocenters. The highest BCUT2D eigenvalue weighted by atomic mass is 16.3. The summed E-state index contributed by atoms with van der Waals surface area (Å²) in [5, 5.41) is 22.1. The van der Waals surface area contributed by atoms with Crippen molar-refractivity contribution in [1.82, 2.24) is 5.32 Å². The molecular formula is C8H15NO2. The molecule has 1 saturated heterocycles. The van der Waals surface area contributed by atoms with Crippen LogP contribution in [0.25, 0.3) is 0 Å². The molecule has 0 amide bonds. The van der Waals surface area contributed by atoms with E-state index in [2.05, 4.69) is 5.32 Å². The fourth-order valence-electron chi connectivity index (χ4n) is 2.36. The van der Waals surface area contributed by atoms with Gasteiger partial charge < -0.3 is 15.5 Å². The molecule has 11 heavy (non-hydrogen) atoms. The first-order chi connectivity index (χ1) is 5.29. The summed E-state index contributed by atoms with van der Waals surface area (Å²) in [5.74, 6) is 0.861. The van der Waals surface area contributed by atoms with E-state index in [0.717, 1.165) is 25.9 Å². The van der Waals surface area contributed by atoms with E-state index in [0.29, 0.717) is 11.8 Å². The first-order valence-corrected chi connectivity index (χ1v) is 4.36. The van der Waals surface area contributed by atoms with Crippen molar-refractivity contribution >= 4 is 0 Å². The summed E-state index contributed by atoms with van der Waals surface area (Å²) < 4.78 is 0. The maximum atomic E-state index is 9.50. The second-order valence-electron chi connectivity index (χ2n) is 3.71. The molecule has 0 bridgehead atoms. The average Bonchev–Trinajstić information content (AvgIpc) is 2.30. The Labute approximate surface area is 66.4 Å². The third-order valence-corrected chi connectivity index (χ3v) is 3.05. The van der Waals surface area contributed by atoms with Gasteiger partial charge in [-0.25, -0.2) is 0 Å². The maximum absolute atomic E-state index is 9.50. The van der Waals surface area contributed by atoms with Crippen molar-refractivity contribution < 1.29 is 10.2 Å². The zero-order valence-electron chi connectivity index (χ0n) is 6.53. The largest absolute Gasteiger partial charge is 0.390 e. The van der Waals surface area contributed by atoms with Crippen LogP contribution in [-0.4, -0.2) is 35.5 Å². The first kappa shape index (κ1) is 7.53. The molecule has 1 aliphatic heterocycles. The van der Waals surface area contributed by atoms with Crippen LogP contribution >= 0.6 is 0 Å². The predicted octanol–water partition coefficient (Wildman–Crippen LogP) is -0.662. The second-order valence-corrected chi connectivity index (χ2v) is 3.71. The molecule has 1 aliphatic carbocycles. The number of hydrogen-bond donors (Lipinski definition) is 3. The Balaban J connectivity index is 2.05. The molecule has 2 fully saturated rings.